The Morgan fingerprint density at radius 3 is 2.85 bits per heavy atom. The quantitative estimate of drug-likeness (QED) is 0.564. The Balaban J connectivity index is 2.30. The van der Waals surface area contributed by atoms with Crippen LogP contribution in [0.2, 0.25) is 0 Å². The van der Waals surface area contributed by atoms with Crippen LogP contribution >= 0.6 is 0 Å². The zero-order valence-corrected chi connectivity index (χ0v) is 7.49. The van der Waals surface area contributed by atoms with Crippen LogP contribution in [0.5, 0.6) is 0 Å². The fourth-order valence-corrected chi connectivity index (χ4v) is 1.59. The summed E-state index contributed by atoms with van der Waals surface area (Å²) in [7, 11) is 0. The highest BCUT2D eigenvalue weighted by Crippen LogP contribution is 2.33. The van der Waals surface area contributed by atoms with Crippen LogP contribution in [0, 0.1) is 5.92 Å². The van der Waals surface area contributed by atoms with E-state index in [-0.39, 0.29) is 0 Å². The first-order valence-corrected chi connectivity index (χ1v) is 4.64. The van der Waals surface area contributed by atoms with E-state index in [1.54, 1.807) is 6.07 Å². The van der Waals surface area contributed by atoms with Gasteiger partial charge in [-0.15, -0.1) is 0 Å². The van der Waals surface area contributed by atoms with Crippen LogP contribution in [0.25, 0.3) is 0 Å². The van der Waals surface area contributed by atoms with E-state index in [9.17, 15) is 4.79 Å². The zero-order valence-electron chi connectivity index (χ0n) is 7.49. The highest BCUT2D eigenvalue weighted by Gasteiger charge is 2.22. The lowest BCUT2D eigenvalue weighted by Gasteiger charge is -2.05. The summed E-state index contributed by atoms with van der Waals surface area (Å²) in [6.07, 6.45) is 4.48. The zero-order chi connectivity index (χ0) is 9.26. The largest absolute Gasteiger partial charge is 0.398 e. The fraction of sp³-hybridized carbons (Fsp3) is 0.364. The lowest BCUT2D eigenvalue weighted by atomic mass is 10.0. The van der Waals surface area contributed by atoms with Crippen molar-refractivity contribution in [2.75, 3.05) is 5.73 Å². The molecule has 1 saturated carbocycles. The Hall–Kier alpha value is -1.31. The fourth-order valence-electron chi connectivity index (χ4n) is 1.59. The van der Waals surface area contributed by atoms with E-state index in [1.165, 1.54) is 12.8 Å². The highest BCUT2D eigenvalue weighted by atomic mass is 16.1. The molecule has 13 heavy (non-hydrogen) atoms. The van der Waals surface area contributed by atoms with E-state index in [1.807, 2.05) is 12.1 Å². The maximum Gasteiger partial charge on any atom is 0.152 e. The molecule has 68 valence electrons. The molecule has 2 rings (SSSR count). The van der Waals surface area contributed by atoms with E-state index in [4.69, 9.17) is 5.73 Å². The number of nitrogens with two attached hydrogens (primary N) is 1. The second-order valence-corrected chi connectivity index (χ2v) is 3.69. The van der Waals surface area contributed by atoms with Gasteiger partial charge in [0.2, 0.25) is 0 Å². The van der Waals surface area contributed by atoms with Gasteiger partial charge in [-0.3, -0.25) is 4.79 Å². The first-order valence-electron chi connectivity index (χ1n) is 4.64. The van der Waals surface area contributed by atoms with Crippen molar-refractivity contribution in [3.8, 4) is 0 Å². The molecule has 2 heteroatoms. The Morgan fingerprint density at radius 2 is 2.23 bits per heavy atom. The van der Waals surface area contributed by atoms with Crippen LogP contribution in [0.4, 0.5) is 5.69 Å². The maximum absolute atomic E-state index is 10.8. The molecule has 1 fully saturated rings. The maximum atomic E-state index is 10.8. The average Bonchev–Trinajstić information content (AvgIpc) is 2.89. The van der Waals surface area contributed by atoms with Gasteiger partial charge in [0, 0.05) is 11.3 Å². The van der Waals surface area contributed by atoms with Crippen molar-refractivity contribution in [1.82, 2.24) is 0 Å². The van der Waals surface area contributed by atoms with E-state index in [0.29, 0.717) is 11.3 Å². The third-order valence-electron chi connectivity index (χ3n) is 2.55. The Kier molecular flexibility index (Phi) is 2.05. The normalized spacial score (nSPS) is 15.7. The first-order chi connectivity index (χ1) is 6.31. The summed E-state index contributed by atoms with van der Waals surface area (Å²) in [4.78, 5) is 10.8. The third kappa shape index (κ3) is 1.72. The summed E-state index contributed by atoms with van der Waals surface area (Å²) < 4.78 is 0. The van der Waals surface area contributed by atoms with E-state index in [2.05, 4.69) is 0 Å². The van der Waals surface area contributed by atoms with Crippen molar-refractivity contribution in [2.24, 2.45) is 5.92 Å². The minimum absolute atomic E-state index is 0.605. The van der Waals surface area contributed by atoms with Crippen molar-refractivity contribution in [1.29, 1.82) is 0 Å². The SMILES string of the molecule is Nc1cccc(CC2CC2)c1C=O. The number of nitrogen functional groups attached to an aromatic ring is 1. The first kappa shape index (κ1) is 8.30. The summed E-state index contributed by atoms with van der Waals surface area (Å²) in [5.41, 5.74) is 8.10. The molecule has 0 amide bonds. The molecule has 0 aromatic heterocycles. The Morgan fingerprint density at radius 1 is 1.46 bits per heavy atom. The summed E-state index contributed by atoms with van der Waals surface area (Å²) in [5, 5.41) is 0. The molecule has 1 aliphatic carbocycles. The molecule has 0 bridgehead atoms. The van der Waals surface area contributed by atoms with Gasteiger partial charge in [-0.05, 0) is 36.8 Å². The topological polar surface area (TPSA) is 43.1 Å². The Labute approximate surface area is 77.8 Å². The van der Waals surface area contributed by atoms with Crippen molar-refractivity contribution in [2.45, 2.75) is 19.3 Å². The highest BCUT2D eigenvalue weighted by molar-refractivity contribution is 5.85. The van der Waals surface area contributed by atoms with Crippen LogP contribution < -0.4 is 5.73 Å². The molecule has 1 aliphatic rings. The smallest absolute Gasteiger partial charge is 0.152 e. The summed E-state index contributed by atoms with van der Waals surface area (Å²) in [6.45, 7) is 0. The molecule has 0 heterocycles. The monoisotopic (exact) mass is 175 g/mol. The number of rotatable bonds is 3. The predicted octanol–water partition coefficient (Wildman–Crippen LogP) is 2.03. The van der Waals surface area contributed by atoms with Gasteiger partial charge < -0.3 is 5.73 Å². The summed E-state index contributed by atoms with van der Waals surface area (Å²) in [5.74, 6) is 0.792. The summed E-state index contributed by atoms with van der Waals surface area (Å²) in [6, 6.07) is 5.69. The van der Waals surface area contributed by atoms with Gasteiger partial charge in [-0.1, -0.05) is 12.1 Å². The van der Waals surface area contributed by atoms with Gasteiger partial charge in [0.25, 0.3) is 0 Å². The lowest BCUT2D eigenvalue weighted by molar-refractivity contribution is 0.112. The number of anilines is 1. The molecule has 2 N–H and O–H groups in total. The second kappa shape index (κ2) is 3.21. The molecule has 1 aromatic carbocycles. The average molecular weight is 175 g/mol. The van der Waals surface area contributed by atoms with Gasteiger partial charge in [-0.2, -0.15) is 0 Å². The molecule has 0 unspecified atom stereocenters. The van der Waals surface area contributed by atoms with Gasteiger partial charge >= 0.3 is 0 Å². The van der Waals surface area contributed by atoms with Crippen LogP contribution in [-0.2, 0) is 6.42 Å². The molecular formula is C11H13NO. The standard InChI is InChI=1S/C11H13NO/c12-11-3-1-2-9(10(11)7-13)6-8-4-5-8/h1-3,7-8H,4-6,12H2. The van der Waals surface area contributed by atoms with Crippen molar-refractivity contribution >= 4 is 12.0 Å². The number of benzene rings is 1. The molecule has 0 spiro atoms. The predicted molar refractivity (Wildman–Crippen MR) is 52.7 cm³/mol. The lowest BCUT2D eigenvalue weighted by Crippen LogP contribution is -1.99. The molecule has 0 radical (unpaired) electrons. The molecule has 0 atom stereocenters. The van der Waals surface area contributed by atoms with E-state index < -0.39 is 0 Å². The molecule has 1 aromatic rings. The minimum Gasteiger partial charge on any atom is -0.398 e. The van der Waals surface area contributed by atoms with Gasteiger partial charge in [0.05, 0.1) is 0 Å². The molecule has 0 aliphatic heterocycles. The van der Waals surface area contributed by atoms with Crippen molar-refractivity contribution in [3.63, 3.8) is 0 Å². The third-order valence-corrected chi connectivity index (χ3v) is 2.55. The van der Waals surface area contributed by atoms with Crippen LogP contribution in [0.1, 0.15) is 28.8 Å². The Bertz CT molecular complexity index is 329. The van der Waals surface area contributed by atoms with Crippen LogP contribution in [0.15, 0.2) is 18.2 Å². The molecule has 0 saturated heterocycles. The number of carbonyl (C=O) groups is 1. The minimum atomic E-state index is 0.605. The second-order valence-electron chi connectivity index (χ2n) is 3.69. The number of carbonyl (C=O) groups excluding carboxylic acids is 1. The summed E-state index contributed by atoms with van der Waals surface area (Å²) >= 11 is 0. The number of hydrogen-bond acceptors (Lipinski definition) is 2. The molecule has 2 nitrogen and oxygen atoms in total. The van der Waals surface area contributed by atoms with Crippen molar-refractivity contribution in [3.05, 3.63) is 29.3 Å². The van der Waals surface area contributed by atoms with Crippen LogP contribution in [0.3, 0.4) is 0 Å². The molecular weight excluding hydrogens is 162 g/mol. The van der Waals surface area contributed by atoms with Gasteiger partial charge in [0.15, 0.2) is 6.29 Å². The van der Waals surface area contributed by atoms with Gasteiger partial charge in [-0.25, -0.2) is 0 Å². The number of hydrogen-bond donors (Lipinski definition) is 1. The number of aldehydes is 1. The van der Waals surface area contributed by atoms with Crippen molar-refractivity contribution < 1.29 is 4.79 Å². The van der Waals surface area contributed by atoms with Crippen LogP contribution in [-0.4, -0.2) is 6.29 Å². The van der Waals surface area contributed by atoms with E-state index in [0.717, 1.165) is 24.2 Å². The van der Waals surface area contributed by atoms with E-state index >= 15 is 0 Å². The van der Waals surface area contributed by atoms with Gasteiger partial charge in [0.1, 0.15) is 0 Å².